The first kappa shape index (κ1) is 23.8. The van der Waals surface area contributed by atoms with E-state index >= 15 is 0 Å². The van der Waals surface area contributed by atoms with E-state index in [1.54, 1.807) is 18.2 Å². The summed E-state index contributed by atoms with van der Waals surface area (Å²) in [6.07, 6.45) is 1.69. The molecule has 0 unspecified atom stereocenters. The maximum Gasteiger partial charge on any atom is 0.311 e. The van der Waals surface area contributed by atoms with Crippen LogP contribution in [0.25, 0.3) is 6.08 Å². The second kappa shape index (κ2) is 9.89. The summed E-state index contributed by atoms with van der Waals surface area (Å²) >= 11 is 12.8. The van der Waals surface area contributed by atoms with Crippen molar-refractivity contribution in [3.8, 4) is 5.75 Å². The minimum Gasteiger partial charge on any atom is -0.502 e. The van der Waals surface area contributed by atoms with E-state index in [2.05, 4.69) is 0 Å². The third kappa shape index (κ3) is 5.09. The quantitative estimate of drug-likeness (QED) is 0.231. The number of carbonyl (C=O) groups is 2. The average molecular weight is 515 g/mol. The Labute approximate surface area is 208 Å². The Morgan fingerprint density at radius 3 is 2.44 bits per heavy atom. The molecule has 0 bridgehead atoms. The SMILES string of the molecule is O=C1S/C(=C\c2cc(Cc3ccccc3)cc([N+](=O)[O-])c2O)C(=O)N1Cc1ccc(Cl)cc1Cl. The van der Waals surface area contributed by atoms with E-state index in [1.807, 2.05) is 30.3 Å². The monoisotopic (exact) mass is 514 g/mol. The number of phenols is 1. The van der Waals surface area contributed by atoms with Crippen LogP contribution in [-0.4, -0.2) is 26.1 Å². The van der Waals surface area contributed by atoms with Crippen LogP contribution in [0.3, 0.4) is 0 Å². The van der Waals surface area contributed by atoms with Gasteiger partial charge in [-0.15, -0.1) is 0 Å². The molecule has 0 spiro atoms. The van der Waals surface area contributed by atoms with Crippen LogP contribution >= 0.6 is 35.0 Å². The second-order valence-corrected chi connectivity index (χ2v) is 9.31. The fraction of sp³-hybridized carbons (Fsp3) is 0.0833. The first-order valence-corrected chi connectivity index (χ1v) is 11.5. The molecule has 3 aromatic rings. The van der Waals surface area contributed by atoms with Gasteiger partial charge < -0.3 is 5.11 Å². The molecule has 0 saturated carbocycles. The molecule has 1 fully saturated rings. The number of carbonyl (C=O) groups excluding carboxylic acids is 2. The smallest absolute Gasteiger partial charge is 0.311 e. The molecular weight excluding hydrogens is 499 g/mol. The van der Waals surface area contributed by atoms with Crippen LogP contribution in [0.4, 0.5) is 10.5 Å². The number of nitro benzene ring substituents is 1. The molecule has 3 aromatic carbocycles. The van der Waals surface area contributed by atoms with Gasteiger partial charge in [0.2, 0.25) is 5.75 Å². The van der Waals surface area contributed by atoms with Gasteiger partial charge in [-0.3, -0.25) is 24.6 Å². The van der Waals surface area contributed by atoms with Crippen LogP contribution < -0.4 is 0 Å². The van der Waals surface area contributed by atoms with Crippen LogP contribution in [0.1, 0.15) is 22.3 Å². The Kier molecular flexibility index (Phi) is 6.92. The Bertz CT molecular complexity index is 1340. The Hall–Kier alpha value is -3.33. The van der Waals surface area contributed by atoms with Crippen LogP contribution in [0, 0.1) is 10.1 Å². The molecular formula is C24H16Cl2N2O5S. The third-order valence-electron chi connectivity index (χ3n) is 5.13. The van der Waals surface area contributed by atoms with Crippen molar-refractivity contribution < 1.29 is 19.6 Å². The van der Waals surface area contributed by atoms with Crippen molar-refractivity contribution in [1.82, 2.24) is 4.90 Å². The van der Waals surface area contributed by atoms with Crippen molar-refractivity contribution in [2.24, 2.45) is 0 Å². The third-order valence-corrected chi connectivity index (χ3v) is 6.62. The molecule has 0 atom stereocenters. The number of hydrogen-bond acceptors (Lipinski definition) is 6. The number of nitrogens with zero attached hydrogens (tertiary/aromatic N) is 2. The fourth-order valence-corrected chi connectivity index (χ4v) is 4.78. The Balaban J connectivity index is 1.66. The summed E-state index contributed by atoms with van der Waals surface area (Å²) in [5, 5.41) is 22.2. The maximum atomic E-state index is 12.9. The van der Waals surface area contributed by atoms with Gasteiger partial charge in [-0.2, -0.15) is 0 Å². The molecule has 1 N–H and O–H groups in total. The molecule has 7 nitrogen and oxygen atoms in total. The fourth-order valence-electron chi connectivity index (χ4n) is 3.48. The number of phenolic OH excluding ortho intramolecular Hbond substituents is 1. The van der Waals surface area contributed by atoms with E-state index in [0.717, 1.165) is 10.5 Å². The number of imide groups is 1. The Morgan fingerprint density at radius 2 is 1.76 bits per heavy atom. The topological polar surface area (TPSA) is 101 Å². The number of benzene rings is 3. The first-order chi connectivity index (χ1) is 16.2. The zero-order valence-electron chi connectivity index (χ0n) is 17.4. The lowest BCUT2D eigenvalue weighted by atomic mass is 10.0. The highest BCUT2D eigenvalue weighted by Gasteiger charge is 2.36. The second-order valence-electron chi connectivity index (χ2n) is 7.48. The van der Waals surface area contributed by atoms with E-state index in [4.69, 9.17) is 23.2 Å². The normalized spacial score (nSPS) is 14.8. The number of thioether (sulfide) groups is 1. The van der Waals surface area contributed by atoms with Gasteiger partial charge in [-0.25, -0.2) is 0 Å². The summed E-state index contributed by atoms with van der Waals surface area (Å²) in [7, 11) is 0. The van der Waals surface area contributed by atoms with Gasteiger partial charge in [0.1, 0.15) is 0 Å². The highest BCUT2D eigenvalue weighted by Crippen LogP contribution is 2.38. The van der Waals surface area contributed by atoms with E-state index in [9.17, 15) is 24.8 Å². The molecule has 172 valence electrons. The summed E-state index contributed by atoms with van der Waals surface area (Å²) in [4.78, 5) is 37.3. The van der Waals surface area contributed by atoms with Gasteiger partial charge in [0, 0.05) is 21.7 Å². The van der Waals surface area contributed by atoms with Crippen LogP contribution in [0.2, 0.25) is 10.0 Å². The van der Waals surface area contributed by atoms with Crippen LogP contribution in [0.15, 0.2) is 65.6 Å². The molecule has 34 heavy (non-hydrogen) atoms. The number of halogens is 2. The molecule has 0 radical (unpaired) electrons. The van der Waals surface area contributed by atoms with Crippen LogP contribution in [0.5, 0.6) is 5.75 Å². The standard InChI is InChI=1S/C24H16Cl2N2O5S/c25-18-7-6-16(19(26)12-18)13-27-23(30)21(34-24(27)31)11-17-9-15(8-14-4-2-1-3-5-14)10-20(22(17)29)28(32)33/h1-7,9-12,29H,8,13H2/b21-11-. The van der Waals surface area contributed by atoms with E-state index in [-0.39, 0.29) is 17.0 Å². The predicted molar refractivity (Wildman–Crippen MR) is 132 cm³/mol. The van der Waals surface area contributed by atoms with Gasteiger partial charge in [0.15, 0.2) is 0 Å². The number of hydrogen-bond donors (Lipinski definition) is 1. The summed E-state index contributed by atoms with van der Waals surface area (Å²) in [5.41, 5.74) is 1.64. The highest BCUT2D eigenvalue weighted by molar-refractivity contribution is 8.18. The van der Waals surface area contributed by atoms with Crippen molar-refractivity contribution in [1.29, 1.82) is 0 Å². The number of amides is 2. The average Bonchev–Trinajstić information content (AvgIpc) is 3.05. The summed E-state index contributed by atoms with van der Waals surface area (Å²) in [6.45, 7) is -0.0574. The highest BCUT2D eigenvalue weighted by atomic mass is 35.5. The molecule has 1 saturated heterocycles. The van der Waals surface area contributed by atoms with Crippen molar-refractivity contribution in [3.63, 3.8) is 0 Å². The summed E-state index contributed by atoms with van der Waals surface area (Å²) in [6, 6.07) is 16.9. The zero-order valence-corrected chi connectivity index (χ0v) is 19.7. The van der Waals surface area contributed by atoms with Crippen molar-refractivity contribution in [2.45, 2.75) is 13.0 Å². The molecule has 1 heterocycles. The van der Waals surface area contributed by atoms with Gasteiger partial charge in [-0.1, -0.05) is 59.6 Å². The molecule has 1 aliphatic heterocycles. The minimum atomic E-state index is -0.685. The largest absolute Gasteiger partial charge is 0.502 e. The van der Waals surface area contributed by atoms with Gasteiger partial charge >= 0.3 is 5.69 Å². The molecule has 10 heteroatoms. The van der Waals surface area contributed by atoms with Crippen molar-refractivity contribution >= 4 is 57.9 Å². The Morgan fingerprint density at radius 1 is 1.03 bits per heavy atom. The van der Waals surface area contributed by atoms with E-state index in [0.29, 0.717) is 39.4 Å². The van der Waals surface area contributed by atoms with Crippen molar-refractivity contribution in [2.75, 3.05) is 0 Å². The zero-order chi connectivity index (χ0) is 24.4. The van der Waals surface area contributed by atoms with E-state index in [1.165, 1.54) is 18.2 Å². The van der Waals surface area contributed by atoms with Gasteiger partial charge in [-0.05, 0) is 59.1 Å². The van der Waals surface area contributed by atoms with Crippen molar-refractivity contribution in [3.05, 3.63) is 108 Å². The first-order valence-electron chi connectivity index (χ1n) is 9.96. The minimum absolute atomic E-state index is 0.0385. The van der Waals surface area contributed by atoms with Gasteiger partial charge in [0.25, 0.3) is 11.1 Å². The van der Waals surface area contributed by atoms with Gasteiger partial charge in [0.05, 0.1) is 16.4 Å². The molecule has 2 amide bonds. The summed E-state index contributed by atoms with van der Waals surface area (Å²) in [5.74, 6) is -1.16. The summed E-state index contributed by atoms with van der Waals surface area (Å²) < 4.78 is 0. The van der Waals surface area contributed by atoms with Crippen LogP contribution in [-0.2, 0) is 17.8 Å². The lowest BCUT2D eigenvalue weighted by Gasteiger charge is -2.13. The molecule has 1 aliphatic rings. The molecule has 4 rings (SSSR count). The number of aromatic hydroxyl groups is 1. The number of rotatable bonds is 6. The maximum absolute atomic E-state index is 12.9. The van der Waals surface area contributed by atoms with E-state index < -0.39 is 27.5 Å². The lowest BCUT2D eigenvalue weighted by molar-refractivity contribution is -0.385. The molecule has 0 aliphatic carbocycles. The molecule has 0 aromatic heterocycles. The predicted octanol–water partition coefficient (Wildman–Crippen LogP) is 6.43. The lowest BCUT2D eigenvalue weighted by Crippen LogP contribution is -2.27. The number of nitro groups is 1.